The molecule has 0 aromatic carbocycles. The number of halogens is 3. The summed E-state index contributed by atoms with van der Waals surface area (Å²) in [4.78, 5) is 27.0. The van der Waals surface area contributed by atoms with E-state index in [2.05, 4.69) is 21.8 Å². The molecule has 7 nitrogen and oxygen atoms in total. The number of aryl methyl sites for hydroxylation is 1. The Bertz CT molecular complexity index is 595. The van der Waals surface area contributed by atoms with Crippen molar-refractivity contribution in [2.75, 3.05) is 19.6 Å². The highest BCUT2D eigenvalue weighted by Crippen LogP contribution is 2.23. The molecular weight excluding hydrogens is 341 g/mol. The number of aromatic nitrogens is 2. The van der Waals surface area contributed by atoms with Crippen molar-refractivity contribution >= 4 is 11.9 Å². The van der Waals surface area contributed by atoms with Gasteiger partial charge in [-0.1, -0.05) is 6.58 Å². The van der Waals surface area contributed by atoms with Crippen LogP contribution in [0.1, 0.15) is 24.6 Å². The lowest BCUT2D eigenvalue weighted by Crippen LogP contribution is -2.36. The summed E-state index contributed by atoms with van der Waals surface area (Å²) in [5, 5.41) is 9.99. The molecule has 1 aromatic rings. The average Bonchev–Trinajstić information content (AvgIpc) is 3.19. The van der Waals surface area contributed by atoms with Gasteiger partial charge in [-0.05, 0) is 32.0 Å². The van der Waals surface area contributed by atoms with Gasteiger partial charge in [-0.3, -0.25) is 9.69 Å². The lowest BCUT2D eigenvalue weighted by molar-refractivity contribution is -0.192. The van der Waals surface area contributed by atoms with Crippen LogP contribution in [-0.2, 0) is 16.6 Å². The van der Waals surface area contributed by atoms with Gasteiger partial charge in [0.1, 0.15) is 0 Å². The van der Waals surface area contributed by atoms with Crippen molar-refractivity contribution in [2.45, 2.75) is 25.1 Å². The molecule has 2 N–H and O–H groups in total. The second-order valence-corrected chi connectivity index (χ2v) is 5.48. The van der Waals surface area contributed by atoms with E-state index in [0.717, 1.165) is 18.8 Å². The predicted octanol–water partition coefficient (Wildman–Crippen LogP) is 1.49. The van der Waals surface area contributed by atoms with Gasteiger partial charge in [-0.2, -0.15) is 13.2 Å². The van der Waals surface area contributed by atoms with E-state index in [9.17, 15) is 18.0 Å². The predicted molar refractivity (Wildman–Crippen MR) is 83.7 cm³/mol. The van der Waals surface area contributed by atoms with Crippen molar-refractivity contribution in [1.29, 1.82) is 0 Å². The van der Waals surface area contributed by atoms with Crippen LogP contribution in [0.4, 0.5) is 13.2 Å². The number of hydrogen-bond donors (Lipinski definition) is 2. The van der Waals surface area contributed by atoms with Crippen LogP contribution < -0.4 is 5.32 Å². The Morgan fingerprint density at radius 3 is 2.40 bits per heavy atom. The number of nitrogens with one attached hydrogen (secondary N) is 1. The molecule has 1 aliphatic heterocycles. The van der Waals surface area contributed by atoms with E-state index < -0.39 is 12.1 Å². The molecule has 1 saturated heterocycles. The molecule has 1 fully saturated rings. The number of aliphatic carboxylic acids is 1. The topological polar surface area (TPSA) is 87.5 Å². The first kappa shape index (κ1) is 20.7. The molecule has 1 aromatic heterocycles. The van der Waals surface area contributed by atoms with E-state index in [0.29, 0.717) is 6.54 Å². The highest BCUT2D eigenvalue weighted by atomic mass is 19.4. The van der Waals surface area contributed by atoms with E-state index in [-0.39, 0.29) is 11.9 Å². The van der Waals surface area contributed by atoms with Gasteiger partial charge in [0.05, 0.1) is 18.1 Å². The van der Waals surface area contributed by atoms with Crippen LogP contribution in [0.2, 0.25) is 0 Å². The number of hydrogen-bond acceptors (Lipinski definition) is 4. The Hall–Kier alpha value is -2.36. The smallest absolute Gasteiger partial charge is 0.475 e. The minimum absolute atomic E-state index is 0.130. The quantitative estimate of drug-likeness (QED) is 0.775. The Morgan fingerprint density at radius 1 is 1.44 bits per heavy atom. The van der Waals surface area contributed by atoms with Crippen molar-refractivity contribution in [3.05, 3.63) is 30.9 Å². The van der Waals surface area contributed by atoms with E-state index in [4.69, 9.17) is 9.90 Å². The molecule has 1 aliphatic rings. The third-order valence-corrected chi connectivity index (χ3v) is 3.55. The number of likely N-dealkylation sites (tertiary alicyclic amines) is 1. The Labute approximate surface area is 143 Å². The zero-order valence-corrected chi connectivity index (χ0v) is 13.8. The fourth-order valence-electron chi connectivity index (χ4n) is 2.35. The van der Waals surface area contributed by atoms with Crippen LogP contribution in [0, 0.1) is 0 Å². The molecule has 1 amide bonds. The number of rotatable bonds is 5. The summed E-state index contributed by atoms with van der Waals surface area (Å²) < 4.78 is 33.7. The van der Waals surface area contributed by atoms with Gasteiger partial charge in [0, 0.05) is 19.8 Å². The van der Waals surface area contributed by atoms with Crippen molar-refractivity contribution < 1.29 is 27.9 Å². The number of carbonyl (C=O) groups excluding carboxylic acids is 1. The lowest BCUT2D eigenvalue weighted by Gasteiger charge is -2.26. The zero-order valence-electron chi connectivity index (χ0n) is 13.8. The second kappa shape index (κ2) is 9.21. The second-order valence-electron chi connectivity index (χ2n) is 5.48. The first-order valence-corrected chi connectivity index (χ1v) is 7.57. The molecule has 0 radical (unpaired) electrons. The minimum Gasteiger partial charge on any atom is -0.475 e. The summed E-state index contributed by atoms with van der Waals surface area (Å²) in [5.41, 5.74) is 1.02. The van der Waals surface area contributed by atoms with Gasteiger partial charge >= 0.3 is 12.1 Å². The number of nitrogens with zero attached hydrogens (tertiary/aromatic N) is 3. The highest BCUT2D eigenvalue weighted by Gasteiger charge is 2.38. The van der Waals surface area contributed by atoms with Crippen molar-refractivity contribution in [3.8, 4) is 0 Å². The molecule has 1 atom stereocenters. The molecule has 0 bridgehead atoms. The van der Waals surface area contributed by atoms with Gasteiger partial charge < -0.3 is 15.0 Å². The van der Waals surface area contributed by atoms with Crippen molar-refractivity contribution in [3.63, 3.8) is 0 Å². The number of carboxylic acid groups (broad SMARTS) is 1. The third-order valence-electron chi connectivity index (χ3n) is 3.55. The Balaban J connectivity index is 0.000000381. The van der Waals surface area contributed by atoms with Gasteiger partial charge in [-0.25, -0.2) is 9.78 Å². The minimum atomic E-state index is -5.08. The van der Waals surface area contributed by atoms with E-state index >= 15 is 0 Å². The summed E-state index contributed by atoms with van der Waals surface area (Å²) in [6.45, 7) is 6.20. The zero-order chi connectivity index (χ0) is 19.0. The molecule has 0 spiro atoms. The largest absolute Gasteiger partial charge is 0.490 e. The van der Waals surface area contributed by atoms with Crippen LogP contribution in [0.25, 0.3) is 0 Å². The van der Waals surface area contributed by atoms with E-state index in [1.807, 2.05) is 17.8 Å². The van der Waals surface area contributed by atoms with Crippen LogP contribution in [-0.4, -0.2) is 57.2 Å². The van der Waals surface area contributed by atoms with E-state index in [1.165, 1.54) is 18.9 Å². The summed E-state index contributed by atoms with van der Waals surface area (Å²) >= 11 is 0. The molecule has 1 unspecified atom stereocenters. The molecule has 25 heavy (non-hydrogen) atoms. The van der Waals surface area contributed by atoms with E-state index in [1.54, 1.807) is 6.33 Å². The highest BCUT2D eigenvalue weighted by molar-refractivity contribution is 5.86. The molecule has 2 rings (SSSR count). The van der Waals surface area contributed by atoms with Crippen LogP contribution in [0.15, 0.2) is 25.2 Å². The van der Waals surface area contributed by atoms with Gasteiger partial charge in [0.25, 0.3) is 0 Å². The van der Waals surface area contributed by atoms with Crippen LogP contribution in [0.3, 0.4) is 0 Å². The summed E-state index contributed by atoms with van der Waals surface area (Å²) in [5.74, 6) is -2.89. The standard InChI is InChI=1S/C13H20N4O.C2HF3O2/c1-3-13(18)14-8-12(17-6-4-5-7-17)11-9-16(2)10-15-11;3-2(4,5)1(6)7/h3,9-10,12H,1,4-8H2,2H3,(H,14,18);(H,6,7). The maximum absolute atomic E-state index is 11.3. The molecule has 10 heteroatoms. The van der Waals surface area contributed by atoms with Crippen molar-refractivity contribution in [1.82, 2.24) is 19.8 Å². The molecule has 0 aliphatic carbocycles. The molecular formula is C15H21F3N4O3. The number of carbonyl (C=O) groups is 2. The fraction of sp³-hybridized carbons (Fsp3) is 0.533. The number of carboxylic acids is 1. The maximum atomic E-state index is 11.3. The SMILES string of the molecule is C=CC(=O)NCC(c1cn(C)cn1)N1CCCC1.O=C(O)C(F)(F)F. The number of imidazole rings is 1. The number of amides is 1. The van der Waals surface area contributed by atoms with Gasteiger partial charge in [0.2, 0.25) is 5.91 Å². The normalized spacial score (nSPS) is 15.8. The van der Waals surface area contributed by atoms with Crippen LogP contribution >= 0.6 is 0 Å². The lowest BCUT2D eigenvalue weighted by atomic mass is 10.2. The summed E-state index contributed by atoms with van der Waals surface area (Å²) in [6.07, 6.45) is 2.48. The maximum Gasteiger partial charge on any atom is 0.490 e. The average molecular weight is 362 g/mol. The number of alkyl halides is 3. The first-order chi connectivity index (χ1) is 11.6. The molecule has 0 saturated carbocycles. The molecule has 2 heterocycles. The van der Waals surface area contributed by atoms with Crippen molar-refractivity contribution in [2.24, 2.45) is 7.05 Å². The summed E-state index contributed by atoms with van der Waals surface area (Å²) in [6, 6.07) is 0.164. The third kappa shape index (κ3) is 6.96. The van der Waals surface area contributed by atoms with Crippen LogP contribution in [0.5, 0.6) is 0 Å². The first-order valence-electron chi connectivity index (χ1n) is 7.57. The monoisotopic (exact) mass is 362 g/mol. The van der Waals surface area contributed by atoms with Gasteiger partial charge in [0.15, 0.2) is 0 Å². The fourth-order valence-corrected chi connectivity index (χ4v) is 2.35. The molecule has 140 valence electrons. The summed E-state index contributed by atoms with van der Waals surface area (Å²) in [7, 11) is 1.96. The Kier molecular flexibility index (Phi) is 7.62. The van der Waals surface area contributed by atoms with Gasteiger partial charge in [-0.15, -0.1) is 0 Å². The Morgan fingerprint density at radius 2 is 2.00 bits per heavy atom.